The second-order valence-electron chi connectivity index (χ2n) is 1.46. The average molecular weight is 208 g/mol. The molecule has 0 saturated heterocycles. The van der Waals surface area contributed by atoms with Crippen LogP contribution >= 0.6 is 27.5 Å². The molecule has 1 aromatic rings. The van der Waals surface area contributed by atoms with Crippen LogP contribution < -0.4 is 0 Å². The number of rotatable bonds is 0. The van der Waals surface area contributed by atoms with Crippen molar-refractivity contribution in [3.05, 3.63) is 21.9 Å². The molecule has 1 aromatic heterocycles. The molecule has 1 N–H and O–H groups in total. The van der Waals surface area contributed by atoms with Crippen molar-refractivity contribution in [3.8, 4) is 5.75 Å². The van der Waals surface area contributed by atoms with Gasteiger partial charge in [0.05, 0.1) is 10.7 Å². The fourth-order valence-electron chi connectivity index (χ4n) is 0.400. The minimum atomic E-state index is 0.0967. The number of hydrogen-bond acceptors (Lipinski definition) is 2. The largest absolute Gasteiger partial charge is 0.505 e. The van der Waals surface area contributed by atoms with E-state index in [1.165, 1.54) is 12.3 Å². The van der Waals surface area contributed by atoms with Crippen LogP contribution in [0.2, 0.25) is 5.15 Å². The van der Waals surface area contributed by atoms with Crippen LogP contribution in [0.25, 0.3) is 0 Å². The van der Waals surface area contributed by atoms with Crippen LogP contribution in [0.5, 0.6) is 5.75 Å². The van der Waals surface area contributed by atoms with E-state index in [2.05, 4.69) is 20.9 Å². The minimum absolute atomic E-state index is 0.0967. The molecular formula is C5H3BrClNO. The Balaban J connectivity index is 3.17. The summed E-state index contributed by atoms with van der Waals surface area (Å²) in [4.78, 5) is 3.62. The SMILES string of the molecule is Oc1cnc(Cl)cc1Br. The molecular weight excluding hydrogens is 205 g/mol. The third-order valence-corrected chi connectivity index (χ3v) is 1.64. The van der Waals surface area contributed by atoms with Crippen LogP contribution in [0.15, 0.2) is 16.7 Å². The predicted octanol–water partition coefficient (Wildman–Crippen LogP) is 2.20. The lowest BCUT2D eigenvalue weighted by atomic mass is 10.5. The standard InChI is InChI=1S/C5H3BrClNO/c6-3-1-5(7)8-2-4(3)9/h1-2,9H. The molecule has 0 aliphatic carbocycles. The summed E-state index contributed by atoms with van der Waals surface area (Å²) in [5.74, 6) is 0.0967. The number of aromatic nitrogens is 1. The zero-order valence-corrected chi connectivity index (χ0v) is 6.65. The van der Waals surface area contributed by atoms with E-state index in [-0.39, 0.29) is 5.75 Å². The van der Waals surface area contributed by atoms with E-state index in [0.29, 0.717) is 9.63 Å². The molecule has 0 unspecified atom stereocenters. The van der Waals surface area contributed by atoms with Gasteiger partial charge in [-0.25, -0.2) is 4.98 Å². The lowest BCUT2D eigenvalue weighted by Gasteiger charge is -1.93. The number of halogens is 2. The van der Waals surface area contributed by atoms with Crippen molar-refractivity contribution in [2.45, 2.75) is 0 Å². The second kappa shape index (κ2) is 2.54. The summed E-state index contributed by atoms with van der Waals surface area (Å²) >= 11 is 8.54. The lowest BCUT2D eigenvalue weighted by molar-refractivity contribution is 0.469. The maximum Gasteiger partial charge on any atom is 0.148 e. The van der Waals surface area contributed by atoms with E-state index in [1.54, 1.807) is 0 Å². The number of pyridine rings is 1. The molecule has 0 aliphatic heterocycles. The van der Waals surface area contributed by atoms with Crippen molar-refractivity contribution in [1.82, 2.24) is 4.98 Å². The Morgan fingerprint density at radius 1 is 1.67 bits per heavy atom. The highest BCUT2D eigenvalue weighted by molar-refractivity contribution is 9.10. The van der Waals surface area contributed by atoms with Crippen LogP contribution in [0.1, 0.15) is 0 Å². The Bertz CT molecular complexity index is 228. The van der Waals surface area contributed by atoms with E-state index in [4.69, 9.17) is 16.7 Å². The second-order valence-corrected chi connectivity index (χ2v) is 2.70. The van der Waals surface area contributed by atoms with Gasteiger partial charge in [0.25, 0.3) is 0 Å². The molecule has 0 amide bonds. The van der Waals surface area contributed by atoms with E-state index in [9.17, 15) is 0 Å². The minimum Gasteiger partial charge on any atom is -0.505 e. The molecule has 1 heterocycles. The summed E-state index contributed by atoms with van der Waals surface area (Å²) in [7, 11) is 0. The van der Waals surface area contributed by atoms with Crippen molar-refractivity contribution >= 4 is 27.5 Å². The molecule has 0 spiro atoms. The highest BCUT2D eigenvalue weighted by Gasteiger charge is 1.96. The van der Waals surface area contributed by atoms with Crippen molar-refractivity contribution in [2.24, 2.45) is 0 Å². The first-order valence-electron chi connectivity index (χ1n) is 2.20. The third-order valence-electron chi connectivity index (χ3n) is 0.801. The zero-order valence-electron chi connectivity index (χ0n) is 4.31. The summed E-state index contributed by atoms with van der Waals surface area (Å²) in [6.45, 7) is 0. The van der Waals surface area contributed by atoms with E-state index < -0.39 is 0 Å². The Labute approximate surface area is 65.6 Å². The Morgan fingerprint density at radius 3 is 2.78 bits per heavy atom. The topological polar surface area (TPSA) is 33.1 Å². The van der Waals surface area contributed by atoms with Gasteiger partial charge in [0.2, 0.25) is 0 Å². The molecule has 0 bridgehead atoms. The monoisotopic (exact) mass is 207 g/mol. The normalized spacial score (nSPS) is 9.56. The van der Waals surface area contributed by atoms with Gasteiger partial charge < -0.3 is 5.11 Å². The summed E-state index contributed by atoms with van der Waals surface area (Å²) < 4.78 is 0.558. The molecule has 1 rings (SSSR count). The molecule has 4 heteroatoms. The Kier molecular flexibility index (Phi) is 1.93. The Morgan fingerprint density at radius 2 is 2.33 bits per heavy atom. The van der Waals surface area contributed by atoms with Crippen molar-refractivity contribution in [1.29, 1.82) is 0 Å². The van der Waals surface area contributed by atoms with Crippen LogP contribution in [0, 0.1) is 0 Å². The summed E-state index contributed by atoms with van der Waals surface area (Å²) in [6.07, 6.45) is 1.28. The van der Waals surface area contributed by atoms with E-state index >= 15 is 0 Å². The highest BCUT2D eigenvalue weighted by atomic mass is 79.9. The van der Waals surface area contributed by atoms with Gasteiger partial charge in [-0.3, -0.25) is 0 Å². The number of hydrogen-bond donors (Lipinski definition) is 1. The predicted molar refractivity (Wildman–Crippen MR) is 38.6 cm³/mol. The summed E-state index contributed by atoms with van der Waals surface area (Å²) in [5, 5.41) is 9.24. The van der Waals surface area contributed by atoms with Crippen LogP contribution in [0.4, 0.5) is 0 Å². The molecule has 0 atom stereocenters. The van der Waals surface area contributed by atoms with Crippen molar-refractivity contribution in [3.63, 3.8) is 0 Å². The number of aromatic hydroxyl groups is 1. The highest BCUT2D eigenvalue weighted by Crippen LogP contribution is 2.23. The molecule has 0 radical (unpaired) electrons. The fraction of sp³-hybridized carbons (Fsp3) is 0. The fourth-order valence-corrected chi connectivity index (χ4v) is 1.01. The maximum absolute atomic E-state index is 8.88. The van der Waals surface area contributed by atoms with Gasteiger partial charge >= 0.3 is 0 Å². The third kappa shape index (κ3) is 1.56. The van der Waals surface area contributed by atoms with Crippen molar-refractivity contribution in [2.75, 3.05) is 0 Å². The maximum atomic E-state index is 8.88. The lowest BCUT2D eigenvalue weighted by Crippen LogP contribution is -1.73. The molecule has 0 aromatic carbocycles. The van der Waals surface area contributed by atoms with Gasteiger partial charge in [0.1, 0.15) is 10.9 Å². The van der Waals surface area contributed by atoms with Crippen LogP contribution in [0.3, 0.4) is 0 Å². The quantitative estimate of drug-likeness (QED) is 0.663. The molecule has 0 aliphatic rings. The van der Waals surface area contributed by atoms with Gasteiger partial charge in [-0.2, -0.15) is 0 Å². The van der Waals surface area contributed by atoms with Gasteiger partial charge in [0, 0.05) is 0 Å². The first-order chi connectivity index (χ1) is 4.20. The number of nitrogens with zero attached hydrogens (tertiary/aromatic N) is 1. The van der Waals surface area contributed by atoms with Gasteiger partial charge in [0.15, 0.2) is 0 Å². The van der Waals surface area contributed by atoms with E-state index in [1.807, 2.05) is 0 Å². The van der Waals surface area contributed by atoms with Gasteiger partial charge in [-0.05, 0) is 22.0 Å². The molecule has 48 valence electrons. The van der Waals surface area contributed by atoms with Gasteiger partial charge in [-0.15, -0.1) is 0 Å². The smallest absolute Gasteiger partial charge is 0.148 e. The molecule has 0 saturated carbocycles. The summed E-state index contributed by atoms with van der Waals surface area (Å²) in [5.41, 5.74) is 0. The zero-order chi connectivity index (χ0) is 6.85. The van der Waals surface area contributed by atoms with E-state index in [0.717, 1.165) is 0 Å². The van der Waals surface area contributed by atoms with Crippen LogP contribution in [-0.4, -0.2) is 10.1 Å². The Hall–Kier alpha value is -0.280. The molecule has 9 heavy (non-hydrogen) atoms. The average Bonchev–Trinajstić information content (AvgIpc) is 1.80. The van der Waals surface area contributed by atoms with Crippen molar-refractivity contribution < 1.29 is 5.11 Å². The summed E-state index contributed by atoms with van der Waals surface area (Å²) in [6, 6.07) is 1.52. The molecule has 0 fully saturated rings. The molecule has 2 nitrogen and oxygen atoms in total. The van der Waals surface area contributed by atoms with Gasteiger partial charge in [-0.1, -0.05) is 11.6 Å². The van der Waals surface area contributed by atoms with Crippen LogP contribution in [-0.2, 0) is 0 Å². The first-order valence-corrected chi connectivity index (χ1v) is 3.37. The first kappa shape index (κ1) is 6.83.